The van der Waals surface area contributed by atoms with E-state index >= 15 is 0 Å². The SMILES string of the molecule is FC(F)(F)c1cccc(N2CCCNCCC2)c1. The summed E-state index contributed by atoms with van der Waals surface area (Å²) in [5.74, 6) is 0. The number of alkyl halides is 3. The summed E-state index contributed by atoms with van der Waals surface area (Å²) in [6, 6.07) is 5.60. The van der Waals surface area contributed by atoms with Crippen molar-refractivity contribution in [2.45, 2.75) is 19.0 Å². The summed E-state index contributed by atoms with van der Waals surface area (Å²) in [5, 5.41) is 3.29. The summed E-state index contributed by atoms with van der Waals surface area (Å²) < 4.78 is 38.0. The fourth-order valence-corrected chi connectivity index (χ4v) is 2.16. The first-order chi connectivity index (χ1) is 8.57. The largest absolute Gasteiger partial charge is 0.416 e. The van der Waals surface area contributed by atoms with Gasteiger partial charge >= 0.3 is 6.18 Å². The number of nitrogens with zero attached hydrogens (tertiary/aromatic N) is 1. The van der Waals surface area contributed by atoms with Crippen LogP contribution in [0.25, 0.3) is 0 Å². The molecule has 100 valence electrons. The van der Waals surface area contributed by atoms with Crippen LogP contribution in [-0.4, -0.2) is 26.2 Å². The van der Waals surface area contributed by atoms with E-state index in [-0.39, 0.29) is 0 Å². The second kappa shape index (κ2) is 5.61. The van der Waals surface area contributed by atoms with Crippen LogP contribution < -0.4 is 10.2 Å². The Kier molecular flexibility index (Phi) is 4.11. The second-order valence-electron chi connectivity index (χ2n) is 4.49. The fraction of sp³-hybridized carbons (Fsp3) is 0.538. The molecule has 1 fully saturated rings. The van der Waals surface area contributed by atoms with E-state index in [1.165, 1.54) is 12.1 Å². The molecule has 0 bridgehead atoms. The number of hydrogen-bond donors (Lipinski definition) is 1. The third kappa shape index (κ3) is 3.38. The molecule has 1 heterocycles. The van der Waals surface area contributed by atoms with Gasteiger partial charge in [-0.1, -0.05) is 6.07 Å². The first-order valence-corrected chi connectivity index (χ1v) is 6.20. The predicted octanol–water partition coefficient (Wildman–Crippen LogP) is 2.90. The van der Waals surface area contributed by atoms with Crippen molar-refractivity contribution in [3.63, 3.8) is 0 Å². The number of halogens is 3. The third-order valence-corrected chi connectivity index (χ3v) is 3.10. The van der Waals surface area contributed by atoms with Gasteiger partial charge in [-0.25, -0.2) is 0 Å². The molecule has 0 unspecified atom stereocenters. The van der Waals surface area contributed by atoms with Crippen LogP contribution in [0.4, 0.5) is 18.9 Å². The van der Waals surface area contributed by atoms with E-state index in [4.69, 9.17) is 0 Å². The van der Waals surface area contributed by atoms with Gasteiger partial charge in [0.2, 0.25) is 0 Å². The molecule has 2 rings (SSSR count). The van der Waals surface area contributed by atoms with Gasteiger partial charge in [-0.2, -0.15) is 13.2 Å². The first-order valence-electron chi connectivity index (χ1n) is 6.20. The molecule has 0 aliphatic carbocycles. The van der Waals surface area contributed by atoms with Gasteiger partial charge < -0.3 is 10.2 Å². The number of anilines is 1. The summed E-state index contributed by atoms with van der Waals surface area (Å²) in [4.78, 5) is 2.04. The number of rotatable bonds is 1. The van der Waals surface area contributed by atoms with Gasteiger partial charge in [-0.3, -0.25) is 0 Å². The normalized spacial score (nSPS) is 18.3. The molecular weight excluding hydrogens is 241 g/mol. The van der Waals surface area contributed by atoms with E-state index < -0.39 is 11.7 Å². The lowest BCUT2D eigenvalue weighted by Crippen LogP contribution is -2.34. The van der Waals surface area contributed by atoms with E-state index in [0.29, 0.717) is 5.69 Å². The Labute approximate surface area is 105 Å². The Balaban J connectivity index is 2.16. The van der Waals surface area contributed by atoms with Gasteiger partial charge in [0.25, 0.3) is 0 Å². The lowest BCUT2D eigenvalue weighted by atomic mass is 10.1. The lowest BCUT2D eigenvalue weighted by Gasteiger charge is -2.27. The summed E-state index contributed by atoms with van der Waals surface area (Å²) in [7, 11) is 0. The summed E-state index contributed by atoms with van der Waals surface area (Å²) in [6.07, 6.45) is -2.35. The van der Waals surface area contributed by atoms with Crippen molar-refractivity contribution in [2.75, 3.05) is 31.1 Å². The molecule has 1 aromatic carbocycles. The molecule has 5 heteroatoms. The van der Waals surface area contributed by atoms with Crippen LogP contribution in [0.1, 0.15) is 18.4 Å². The molecule has 0 spiro atoms. The molecule has 0 saturated carbocycles. The van der Waals surface area contributed by atoms with Gasteiger partial charge in [0.15, 0.2) is 0 Å². The van der Waals surface area contributed by atoms with Crippen molar-refractivity contribution in [3.8, 4) is 0 Å². The number of nitrogens with one attached hydrogen (secondary N) is 1. The summed E-state index contributed by atoms with van der Waals surface area (Å²) in [6.45, 7) is 3.45. The Hall–Kier alpha value is -1.23. The molecule has 1 N–H and O–H groups in total. The van der Waals surface area contributed by atoms with Crippen LogP contribution in [0.15, 0.2) is 24.3 Å². The molecule has 1 aliphatic rings. The van der Waals surface area contributed by atoms with Gasteiger partial charge in [0.05, 0.1) is 5.56 Å². The zero-order valence-electron chi connectivity index (χ0n) is 10.1. The Morgan fingerprint density at radius 2 is 1.72 bits per heavy atom. The van der Waals surface area contributed by atoms with Crippen molar-refractivity contribution in [3.05, 3.63) is 29.8 Å². The minimum atomic E-state index is -4.26. The van der Waals surface area contributed by atoms with Crippen molar-refractivity contribution in [2.24, 2.45) is 0 Å². The van der Waals surface area contributed by atoms with Gasteiger partial charge in [-0.05, 0) is 44.1 Å². The monoisotopic (exact) mass is 258 g/mol. The van der Waals surface area contributed by atoms with Gasteiger partial charge in [0, 0.05) is 18.8 Å². The third-order valence-electron chi connectivity index (χ3n) is 3.10. The molecule has 0 amide bonds. The quantitative estimate of drug-likeness (QED) is 0.833. The Morgan fingerprint density at radius 1 is 1.06 bits per heavy atom. The highest BCUT2D eigenvalue weighted by molar-refractivity contribution is 5.49. The smallest absolute Gasteiger partial charge is 0.371 e. The fourth-order valence-electron chi connectivity index (χ4n) is 2.16. The predicted molar refractivity (Wildman–Crippen MR) is 65.8 cm³/mol. The van der Waals surface area contributed by atoms with Crippen LogP contribution in [0.5, 0.6) is 0 Å². The van der Waals surface area contributed by atoms with Crippen LogP contribution in [0.2, 0.25) is 0 Å². The maximum atomic E-state index is 12.7. The van der Waals surface area contributed by atoms with Crippen molar-refractivity contribution in [1.29, 1.82) is 0 Å². The molecule has 1 saturated heterocycles. The summed E-state index contributed by atoms with van der Waals surface area (Å²) >= 11 is 0. The maximum Gasteiger partial charge on any atom is 0.416 e. The van der Waals surface area contributed by atoms with Crippen molar-refractivity contribution < 1.29 is 13.2 Å². The lowest BCUT2D eigenvalue weighted by molar-refractivity contribution is -0.137. The highest BCUT2D eigenvalue weighted by atomic mass is 19.4. The van der Waals surface area contributed by atoms with Gasteiger partial charge in [-0.15, -0.1) is 0 Å². The molecule has 0 aromatic heterocycles. The van der Waals surface area contributed by atoms with Crippen LogP contribution in [-0.2, 0) is 6.18 Å². The van der Waals surface area contributed by atoms with E-state index in [2.05, 4.69) is 5.32 Å². The highest BCUT2D eigenvalue weighted by Crippen LogP contribution is 2.31. The molecule has 1 aromatic rings. The minimum Gasteiger partial charge on any atom is -0.371 e. The zero-order chi connectivity index (χ0) is 13.0. The van der Waals surface area contributed by atoms with Crippen LogP contribution in [0, 0.1) is 0 Å². The second-order valence-corrected chi connectivity index (χ2v) is 4.49. The van der Waals surface area contributed by atoms with E-state index in [9.17, 15) is 13.2 Å². The Bertz CT molecular complexity index is 382. The highest BCUT2D eigenvalue weighted by Gasteiger charge is 2.30. The number of benzene rings is 1. The molecule has 1 aliphatic heterocycles. The van der Waals surface area contributed by atoms with Crippen LogP contribution >= 0.6 is 0 Å². The zero-order valence-corrected chi connectivity index (χ0v) is 10.1. The standard InChI is InChI=1S/C13H17F3N2/c14-13(15,16)11-4-1-5-12(10-11)18-8-2-6-17-7-3-9-18/h1,4-5,10,17H,2-3,6-9H2. The Morgan fingerprint density at radius 3 is 2.33 bits per heavy atom. The van der Waals surface area contributed by atoms with E-state index in [0.717, 1.165) is 45.1 Å². The average Bonchev–Trinajstić information content (AvgIpc) is 2.27. The molecule has 0 radical (unpaired) electrons. The maximum absolute atomic E-state index is 12.7. The molecule has 0 atom stereocenters. The van der Waals surface area contributed by atoms with Crippen LogP contribution in [0.3, 0.4) is 0 Å². The summed E-state index contributed by atoms with van der Waals surface area (Å²) in [5.41, 5.74) is 0.104. The first kappa shape index (κ1) is 13.2. The molecule has 18 heavy (non-hydrogen) atoms. The molecule has 2 nitrogen and oxygen atoms in total. The molecular formula is C13H17F3N2. The van der Waals surface area contributed by atoms with Crippen molar-refractivity contribution >= 4 is 5.69 Å². The topological polar surface area (TPSA) is 15.3 Å². The van der Waals surface area contributed by atoms with Crippen molar-refractivity contribution in [1.82, 2.24) is 5.32 Å². The van der Waals surface area contributed by atoms with E-state index in [1.807, 2.05) is 4.90 Å². The average molecular weight is 258 g/mol. The minimum absolute atomic E-state index is 0.569. The number of hydrogen-bond acceptors (Lipinski definition) is 2. The van der Waals surface area contributed by atoms with E-state index in [1.54, 1.807) is 6.07 Å². The van der Waals surface area contributed by atoms with Gasteiger partial charge in [0.1, 0.15) is 0 Å².